The predicted octanol–water partition coefficient (Wildman–Crippen LogP) is 4.32. The maximum absolute atomic E-state index is 10.9. The van der Waals surface area contributed by atoms with Gasteiger partial charge in [-0.05, 0) is 18.2 Å². The van der Waals surface area contributed by atoms with Crippen molar-refractivity contribution in [1.82, 2.24) is 0 Å². The second-order valence-electron chi connectivity index (χ2n) is 4.23. The van der Waals surface area contributed by atoms with Crippen molar-refractivity contribution in [2.45, 2.75) is 30.4 Å². The highest BCUT2D eigenvalue weighted by atomic mass is 79.9. The second-order valence-corrected chi connectivity index (χ2v) is 6.73. The van der Waals surface area contributed by atoms with E-state index in [0.29, 0.717) is 11.0 Å². The quantitative estimate of drug-likeness (QED) is 0.849. The summed E-state index contributed by atoms with van der Waals surface area (Å²) in [4.78, 5) is 11.8. The summed E-state index contributed by atoms with van der Waals surface area (Å²) < 4.78 is 6.60. The van der Waals surface area contributed by atoms with E-state index in [1.165, 1.54) is 0 Å². The molecule has 0 amide bonds. The van der Waals surface area contributed by atoms with Gasteiger partial charge in [0, 0.05) is 15.1 Å². The summed E-state index contributed by atoms with van der Waals surface area (Å²) in [5.41, 5.74) is 0.734. The maximum atomic E-state index is 10.9. The lowest BCUT2D eigenvalue weighted by atomic mass is 10.2. The monoisotopic (exact) mass is 328 g/mol. The summed E-state index contributed by atoms with van der Waals surface area (Å²) >= 11 is 5.06. The lowest BCUT2D eigenvalue weighted by Gasteiger charge is -2.04. The Morgan fingerprint density at radius 3 is 2.83 bits per heavy atom. The van der Waals surface area contributed by atoms with Crippen LogP contribution in [-0.2, 0) is 11.2 Å². The van der Waals surface area contributed by atoms with Gasteiger partial charge >= 0.3 is 5.97 Å². The third kappa shape index (κ3) is 2.90. The van der Waals surface area contributed by atoms with Crippen LogP contribution in [0.1, 0.15) is 19.6 Å². The molecule has 0 aliphatic heterocycles. The number of carboxylic acids is 1. The minimum atomic E-state index is -0.876. The molecule has 96 valence electrons. The summed E-state index contributed by atoms with van der Waals surface area (Å²) in [5.74, 6) is -0.340. The van der Waals surface area contributed by atoms with Gasteiger partial charge in [0.25, 0.3) is 0 Å². The van der Waals surface area contributed by atoms with E-state index in [9.17, 15) is 4.79 Å². The molecule has 0 saturated heterocycles. The molecule has 2 aromatic rings. The molecule has 1 aromatic carbocycles. The van der Waals surface area contributed by atoms with Gasteiger partial charge in [0.05, 0.1) is 4.90 Å². The molecule has 0 bridgehead atoms. The van der Waals surface area contributed by atoms with E-state index in [1.807, 2.05) is 18.2 Å². The number of halogens is 1. The maximum Gasteiger partial charge on any atom is 0.311 e. The van der Waals surface area contributed by atoms with Gasteiger partial charge in [0.2, 0.25) is 0 Å². The van der Waals surface area contributed by atoms with E-state index < -0.39 is 5.97 Å². The van der Waals surface area contributed by atoms with Crippen molar-refractivity contribution < 1.29 is 14.3 Å². The minimum absolute atomic E-state index is 0.0820. The van der Waals surface area contributed by atoms with Gasteiger partial charge in [-0.1, -0.05) is 29.8 Å². The zero-order chi connectivity index (χ0) is 13.3. The third-order valence-corrected chi connectivity index (χ3v) is 3.99. The van der Waals surface area contributed by atoms with Crippen molar-refractivity contribution in [2.24, 2.45) is 0 Å². The summed E-state index contributed by atoms with van der Waals surface area (Å²) in [7, 11) is 0. The molecule has 0 unspecified atom stereocenters. The Bertz CT molecular complexity index is 589. The van der Waals surface area contributed by atoms with Crippen molar-refractivity contribution in [1.29, 1.82) is 0 Å². The fraction of sp³-hybridized carbons (Fsp3) is 0.308. The molecule has 2 rings (SSSR count). The lowest BCUT2D eigenvalue weighted by molar-refractivity contribution is -0.136. The summed E-state index contributed by atoms with van der Waals surface area (Å²) in [6.07, 6.45) is -0.0820. The molecule has 0 saturated carbocycles. The topological polar surface area (TPSA) is 50.4 Å². The molecule has 1 aromatic heterocycles. The summed E-state index contributed by atoms with van der Waals surface area (Å²) in [5, 5.41) is 10.3. The average molecular weight is 329 g/mol. The van der Waals surface area contributed by atoms with Gasteiger partial charge < -0.3 is 9.52 Å². The smallest absolute Gasteiger partial charge is 0.311 e. The van der Waals surface area contributed by atoms with Gasteiger partial charge in [0.15, 0.2) is 0 Å². The van der Waals surface area contributed by atoms with Crippen molar-refractivity contribution >= 4 is 44.6 Å². The number of carboxylic acid groups (broad SMARTS) is 1. The number of rotatable bonds is 4. The van der Waals surface area contributed by atoms with Crippen LogP contribution in [0.2, 0.25) is 0 Å². The lowest BCUT2D eigenvalue weighted by Crippen LogP contribution is -2.00. The highest BCUT2D eigenvalue weighted by Gasteiger charge is 2.18. The van der Waals surface area contributed by atoms with Gasteiger partial charge in [-0.15, -0.1) is 11.8 Å². The first-order valence-corrected chi connectivity index (χ1v) is 7.24. The van der Waals surface area contributed by atoms with Gasteiger partial charge in [0.1, 0.15) is 17.8 Å². The molecule has 0 spiro atoms. The molecular weight excluding hydrogens is 316 g/mol. The first-order chi connectivity index (χ1) is 8.47. The van der Waals surface area contributed by atoms with Crippen LogP contribution in [0.3, 0.4) is 0 Å². The largest absolute Gasteiger partial charge is 0.481 e. The molecule has 5 heteroatoms. The van der Waals surface area contributed by atoms with Crippen LogP contribution in [0.15, 0.2) is 32.0 Å². The van der Waals surface area contributed by atoms with E-state index >= 15 is 0 Å². The summed E-state index contributed by atoms with van der Waals surface area (Å²) in [6, 6.07) is 5.71. The molecule has 0 aliphatic carbocycles. The molecule has 1 heterocycles. The fourth-order valence-corrected chi connectivity index (χ4v) is 3.08. The molecule has 18 heavy (non-hydrogen) atoms. The standard InChI is InChI=1S/C13H13BrO3S/c1-7(2)18-13-9-5-8(14)3-4-10(9)17-11(13)6-12(15)16/h3-5,7H,6H2,1-2H3,(H,15,16). The van der Waals surface area contributed by atoms with E-state index in [4.69, 9.17) is 9.52 Å². The average Bonchev–Trinajstić information content (AvgIpc) is 2.55. The molecule has 0 fully saturated rings. The number of aliphatic carboxylic acids is 1. The zero-order valence-electron chi connectivity index (χ0n) is 10.1. The number of thioether (sulfide) groups is 1. The van der Waals surface area contributed by atoms with Crippen LogP contribution in [0.25, 0.3) is 11.0 Å². The Hall–Kier alpha value is -0.940. The van der Waals surface area contributed by atoms with Crippen molar-refractivity contribution in [3.8, 4) is 0 Å². The van der Waals surface area contributed by atoms with E-state index in [2.05, 4.69) is 29.8 Å². The van der Waals surface area contributed by atoms with Crippen LogP contribution in [0, 0.1) is 0 Å². The van der Waals surface area contributed by atoms with Crippen molar-refractivity contribution in [3.63, 3.8) is 0 Å². The van der Waals surface area contributed by atoms with Crippen LogP contribution in [-0.4, -0.2) is 16.3 Å². The highest BCUT2D eigenvalue weighted by Crippen LogP contribution is 2.37. The Morgan fingerprint density at radius 2 is 2.22 bits per heavy atom. The van der Waals surface area contributed by atoms with Crippen molar-refractivity contribution in [3.05, 3.63) is 28.4 Å². The zero-order valence-corrected chi connectivity index (χ0v) is 12.5. The second kappa shape index (κ2) is 5.36. The number of hydrogen-bond donors (Lipinski definition) is 1. The van der Waals surface area contributed by atoms with E-state index in [1.54, 1.807) is 11.8 Å². The molecule has 0 atom stereocenters. The SMILES string of the molecule is CC(C)Sc1c(CC(=O)O)oc2ccc(Br)cc12. The van der Waals surface area contributed by atoms with Crippen LogP contribution in [0.4, 0.5) is 0 Å². The predicted molar refractivity (Wildman–Crippen MR) is 76.2 cm³/mol. The Morgan fingerprint density at radius 1 is 1.50 bits per heavy atom. The third-order valence-electron chi connectivity index (χ3n) is 2.34. The number of hydrogen-bond acceptors (Lipinski definition) is 3. The highest BCUT2D eigenvalue weighted by molar-refractivity contribution is 9.10. The molecule has 1 N–H and O–H groups in total. The molecular formula is C13H13BrO3S. The minimum Gasteiger partial charge on any atom is -0.481 e. The van der Waals surface area contributed by atoms with Crippen LogP contribution >= 0.6 is 27.7 Å². The Balaban J connectivity index is 2.57. The van der Waals surface area contributed by atoms with E-state index in [-0.39, 0.29) is 6.42 Å². The molecule has 0 aliphatic rings. The first kappa shape index (κ1) is 13.5. The van der Waals surface area contributed by atoms with E-state index in [0.717, 1.165) is 20.3 Å². The summed E-state index contributed by atoms with van der Waals surface area (Å²) in [6.45, 7) is 4.15. The van der Waals surface area contributed by atoms with Gasteiger partial charge in [-0.25, -0.2) is 0 Å². The fourth-order valence-electron chi connectivity index (χ4n) is 1.72. The molecule has 0 radical (unpaired) electrons. The number of furan rings is 1. The Kier molecular flexibility index (Phi) is 4.02. The van der Waals surface area contributed by atoms with Crippen LogP contribution in [0.5, 0.6) is 0 Å². The molecule has 3 nitrogen and oxygen atoms in total. The van der Waals surface area contributed by atoms with Gasteiger partial charge in [-0.3, -0.25) is 4.79 Å². The Labute approximate surface area is 118 Å². The van der Waals surface area contributed by atoms with Crippen LogP contribution < -0.4 is 0 Å². The first-order valence-electron chi connectivity index (χ1n) is 5.56. The number of fused-ring (bicyclic) bond motifs is 1. The van der Waals surface area contributed by atoms with Gasteiger partial charge in [-0.2, -0.15) is 0 Å². The normalized spacial score (nSPS) is 11.3. The number of benzene rings is 1. The van der Waals surface area contributed by atoms with Crippen molar-refractivity contribution in [2.75, 3.05) is 0 Å². The number of carbonyl (C=O) groups is 1.